The van der Waals surface area contributed by atoms with Gasteiger partial charge >= 0.3 is 0 Å². The highest BCUT2D eigenvalue weighted by atomic mass is 35.5. The Morgan fingerprint density at radius 3 is 2.29 bits per heavy atom. The minimum absolute atomic E-state index is 0. The van der Waals surface area contributed by atoms with Crippen LogP contribution in [0, 0.1) is 0 Å². The fourth-order valence-corrected chi connectivity index (χ4v) is 2.84. The predicted molar refractivity (Wildman–Crippen MR) is 92.2 cm³/mol. The number of hydrogen-bond donors (Lipinski definition) is 0. The summed E-state index contributed by atoms with van der Waals surface area (Å²) < 4.78 is 0. The molecule has 0 atom stereocenters. The van der Waals surface area contributed by atoms with Crippen LogP contribution in [-0.2, 0) is 0 Å². The molecule has 0 saturated heterocycles. The standard InChI is InChI=1S/C18H14N2.ClH/c1-20-16-12-6-8-13-7-5-11-15(17(13)16)18(20)19-14-9-3-2-4-10-14;/h2-12H,1H3;1H. The number of benzene rings is 3. The molecule has 2 nitrogen and oxygen atoms in total. The largest absolute Gasteiger partial charge is 0.328 e. The highest BCUT2D eigenvalue weighted by molar-refractivity contribution is 6.27. The van der Waals surface area contributed by atoms with Crippen molar-refractivity contribution in [2.75, 3.05) is 11.9 Å². The van der Waals surface area contributed by atoms with Crippen LogP contribution in [0.3, 0.4) is 0 Å². The van der Waals surface area contributed by atoms with E-state index in [1.165, 1.54) is 22.0 Å². The Morgan fingerprint density at radius 1 is 0.810 bits per heavy atom. The number of nitrogens with zero attached hydrogens (tertiary/aromatic N) is 2. The monoisotopic (exact) mass is 294 g/mol. The van der Waals surface area contributed by atoms with E-state index < -0.39 is 0 Å². The van der Waals surface area contributed by atoms with Gasteiger partial charge in [0.15, 0.2) is 0 Å². The molecule has 104 valence electrons. The molecule has 0 amide bonds. The molecule has 0 unspecified atom stereocenters. The van der Waals surface area contributed by atoms with Gasteiger partial charge in [-0.2, -0.15) is 0 Å². The van der Waals surface area contributed by atoms with Crippen molar-refractivity contribution in [2.45, 2.75) is 0 Å². The molecule has 0 spiro atoms. The highest BCUT2D eigenvalue weighted by Gasteiger charge is 2.24. The van der Waals surface area contributed by atoms with Crippen molar-refractivity contribution >= 4 is 40.4 Å². The van der Waals surface area contributed by atoms with E-state index in [4.69, 9.17) is 4.99 Å². The van der Waals surface area contributed by atoms with Crippen molar-refractivity contribution < 1.29 is 0 Å². The second-order valence-corrected chi connectivity index (χ2v) is 5.01. The van der Waals surface area contributed by atoms with Gasteiger partial charge in [-0.15, -0.1) is 12.4 Å². The van der Waals surface area contributed by atoms with Crippen molar-refractivity contribution in [3.8, 4) is 0 Å². The summed E-state index contributed by atoms with van der Waals surface area (Å²) in [5, 5.41) is 2.57. The summed E-state index contributed by atoms with van der Waals surface area (Å²) in [5.74, 6) is 1.02. The smallest absolute Gasteiger partial charge is 0.141 e. The first-order chi connectivity index (χ1) is 9.84. The third kappa shape index (κ3) is 2.08. The lowest BCUT2D eigenvalue weighted by Gasteiger charge is -2.14. The van der Waals surface area contributed by atoms with Crippen molar-refractivity contribution in [1.29, 1.82) is 0 Å². The summed E-state index contributed by atoms with van der Waals surface area (Å²) in [6, 6.07) is 22.9. The van der Waals surface area contributed by atoms with Gasteiger partial charge in [-0.25, -0.2) is 4.99 Å². The van der Waals surface area contributed by atoms with E-state index in [0.29, 0.717) is 0 Å². The number of para-hydroxylation sites is 1. The highest BCUT2D eigenvalue weighted by Crippen LogP contribution is 2.37. The van der Waals surface area contributed by atoms with Crippen LogP contribution in [0.2, 0.25) is 0 Å². The maximum atomic E-state index is 4.82. The molecule has 1 heterocycles. The van der Waals surface area contributed by atoms with Gasteiger partial charge in [-0.1, -0.05) is 48.5 Å². The van der Waals surface area contributed by atoms with Crippen molar-refractivity contribution in [3.05, 3.63) is 72.3 Å². The number of hydrogen-bond acceptors (Lipinski definition) is 1. The first kappa shape index (κ1) is 13.7. The SMILES string of the molecule is CN1C(=Nc2ccccc2)c2cccc3cccc1c23.Cl. The molecule has 3 heteroatoms. The van der Waals surface area contributed by atoms with E-state index in [0.717, 1.165) is 11.5 Å². The Balaban J connectivity index is 0.00000132. The number of aliphatic imine (C=N–C) groups is 1. The molecule has 0 radical (unpaired) electrons. The van der Waals surface area contributed by atoms with E-state index in [-0.39, 0.29) is 12.4 Å². The fourth-order valence-electron chi connectivity index (χ4n) is 2.84. The van der Waals surface area contributed by atoms with Crippen LogP contribution in [0.4, 0.5) is 11.4 Å². The zero-order chi connectivity index (χ0) is 13.5. The van der Waals surface area contributed by atoms with Gasteiger partial charge in [0.2, 0.25) is 0 Å². The summed E-state index contributed by atoms with van der Waals surface area (Å²) in [7, 11) is 2.08. The summed E-state index contributed by atoms with van der Waals surface area (Å²) in [5.41, 5.74) is 3.43. The quantitative estimate of drug-likeness (QED) is 0.630. The van der Waals surface area contributed by atoms with Crippen LogP contribution in [0.25, 0.3) is 10.8 Å². The van der Waals surface area contributed by atoms with Crippen LogP contribution in [0.5, 0.6) is 0 Å². The van der Waals surface area contributed by atoms with Gasteiger partial charge < -0.3 is 4.90 Å². The lowest BCUT2D eigenvalue weighted by Crippen LogP contribution is -2.21. The fraction of sp³-hybridized carbons (Fsp3) is 0.0556. The number of rotatable bonds is 1. The van der Waals surface area contributed by atoms with E-state index in [1.54, 1.807) is 0 Å². The molecule has 3 aromatic rings. The number of halogens is 1. The normalized spacial score (nSPS) is 14.5. The summed E-state index contributed by atoms with van der Waals surface area (Å²) >= 11 is 0. The average Bonchev–Trinajstić information content (AvgIpc) is 2.77. The average molecular weight is 295 g/mol. The van der Waals surface area contributed by atoms with Gasteiger partial charge in [-0.3, -0.25) is 0 Å². The number of amidine groups is 1. The third-order valence-electron chi connectivity index (χ3n) is 3.79. The summed E-state index contributed by atoms with van der Waals surface area (Å²) in [4.78, 5) is 6.99. The maximum absolute atomic E-state index is 4.82. The maximum Gasteiger partial charge on any atom is 0.141 e. The Hall–Kier alpha value is -2.32. The molecular weight excluding hydrogens is 280 g/mol. The van der Waals surface area contributed by atoms with Gasteiger partial charge in [0.1, 0.15) is 5.84 Å². The summed E-state index contributed by atoms with van der Waals surface area (Å²) in [6.45, 7) is 0. The second-order valence-electron chi connectivity index (χ2n) is 5.01. The molecule has 0 bridgehead atoms. The summed E-state index contributed by atoms with van der Waals surface area (Å²) in [6.07, 6.45) is 0. The second kappa shape index (κ2) is 5.23. The molecule has 1 aliphatic heterocycles. The molecule has 0 aliphatic carbocycles. The van der Waals surface area contributed by atoms with Crippen LogP contribution in [-0.4, -0.2) is 12.9 Å². The molecule has 0 N–H and O–H groups in total. The molecule has 0 fully saturated rings. The molecular formula is C18H15ClN2. The minimum atomic E-state index is 0. The van der Waals surface area contributed by atoms with Crippen molar-refractivity contribution in [1.82, 2.24) is 0 Å². The van der Waals surface area contributed by atoms with Crippen LogP contribution in [0.1, 0.15) is 5.56 Å². The molecule has 4 rings (SSSR count). The molecule has 1 aliphatic rings. The Kier molecular flexibility index (Phi) is 3.40. The Labute approximate surface area is 130 Å². The third-order valence-corrected chi connectivity index (χ3v) is 3.79. The van der Waals surface area contributed by atoms with Gasteiger partial charge in [0, 0.05) is 18.0 Å². The molecule has 0 aromatic heterocycles. The van der Waals surface area contributed by atoms with E-state index in [2.05, 4.69) is 48.3 Å². The zero-order valence-corrected chi connectivity index (χ0v) is 12.5. The van der Waals surface area contributed by atoms with E-state index in [1.807, 2.05) is 30.3 Å². The minimum Gasteiger partial charge on any atom is -0.328 e. The first-order valence-corrected chi connectivity index (χ1v) is 6.74. The van der Waals surface area contributed by atoms with Gasteiger partial charge in [-0.05, 0) is 23.6 Å². The topological polar surface area (TPSA) is 15.6 Å². The lowest BCUT2D eigenvalue weighted by atomic mass is 10.1. The van der Waals surface area contributed by atoms with Gasteiger partial charge in [0.05, 0.1) is 11.4 Å². The zero-order valence-electron chi connectivity index (χ0n) is 11.7. The molecule has 21 heavy (non-hydrogen) atoms. The Morgan fingerprint density at radius 2 is 1.52 bits per heavy atom. The molecule has 0 saturated carbocycles. The predicted octanol–water partition coefficient (Wildman–Crippen LogP) is 4.79. The van der Waals surface area contributed by atoms with Crippen LogP contribution >= 0.6 is 12.4 Å². The van der Waals surface area contributed by atoms with Crippen LogP contribution < -0.4 is 4.90 Å². The van der Waals surface area contributed by atoms with Crippen molar-refractivity contribution in [3.63, 3.8) is 0 Å². The lowest BCUT2D eigenvalue weighted by molar-refractivity contribution is 1.29. The van der Waals surface area contributed by atoms with Gasteiger partial charge in [0.25, 0.3) is 0 Å². The number of anilines is 1. The van der Waals surface area contributed by atoms with E-state index in [9.17, 15) is 0 Å². The van der Waals surface area contributed by atoms with Crippen LogP contribution in [0.15, 0.2) is 71.7 Å². The van der Waals surface area contributed by atoms with E-state index >= 15 is 0 Å². The van der Waals surface area contributed by atoms with Crippen molar-refractivity contribution in [2.24, 2.45) is 4.99 Å². The molecule has 3 aromatic carbocycles. The first-order valence-electron chi connectivity index (χ1n) is 6.74. The Bertz CT molecular complexity index is 820.